The van der Waals surface area contributed by atoms with Crippen LogP contribution in [0.25, 0.3) is 0 Å². The van der Waals surface area contributed by atoms with Crippen molar-refractivity contribution in [3.63, 3.8) is 0 Å². The Morgan fingerprint density at radius 2 is 1.71 bits per heavy atom. The molecule has 0 amide bonds. The average molecular weight is 281 g/mol. The molecule has 0 aromatic heterocycles. The van der Waals surface area contributed by atoms with E-state index in [0.717, 1.165) is 17.5 Å². The van der Waals surface area contributed by atoms with Gasteiger partial charge in [-0.15, -0.1) is 0 Å². The van der Waals surface area contributed by atoms with Crippen LogP contribution in [0.4, 0.5) is 0 Å². The molecule has 3 nitrogen and oxygen atoms in total. The Balaban J connectivity index is 2.08. The van der Waals surface area contributed by atoms with Crippen molar-refractivity contribution in [1.82, 2.24) is 0 Å². The summed E-state index contributed by atoms with van der Waals surface area (Å²) >= 11 is 0. The Bertz CT molecular complexity index is 579. The first-order chi connectivity index (χ1) is 10.3. The first kappa shape index (κ1) is 15.0. The highest BCUT2D eigenvalue weighted by Crippen LogP contribution is 2.10. The van der Waals surface area contributed by atoms with E-state index < -0.39 is 0 Å². The lowest BCUT2D eigenvalue weighted by Gasteiger charge is -2.11. The van der Waals surface area contributed by atoms with Crippen molar-refractivity contribution in [1.29, 1.82) is 0 Å². The van der Waals surface area contributed by atoms with Gasteiger partial charge in [0.15, 0.2) is 0 Å². The predicted octanol–water partition coefficient (Wildman–Crippen LogP) is 3.28. The van der Waals surface area contributed by atoms with Crippen molar-refractivity contribution in [3.8, 4) is 0 Å². The summed E-state index contributed by atoms with van der Waals surface area (Å²) in [6.45, 7) is 0. The molecule has 0 bridgehead atoms. The monoisotopic (exact) mass is 281 g/mol. The van der Waals surface area contributed by atoms with Crippen LogP contribution in [-0.4, -0.2) is 25.3 Å². The summed E-state index contributed by atoms with van der Waals surface area (Å²) in [6, 6.07) is 19.8. The molecule has 0 aliphatic carbocycles. The number of nitrogens with zero attached hydrogens (tertiary/aromatic N) is 1. The second kappa shape index (κ2) is 8.00. The molecule has 0 heterocycles. The normalized spacial score (nSPS) is 12.2. The third kappa shape index (κ3) is 5.22. The van der Waals surface area contributed by atoms with Crippen LogP contribution in [0, 0.1) is 0 Å². The van der Waals surface area contributed by atoms with Gasteiger partial charge >= 0.3 is 5.97 Å². The molecule has 0 N–H and O–H groups in total. The quantitative estimate of drug-likeness (QED) is 0.602. The van der Waals surface area contributed by atoms with E-state index >= 15 is 0 Å². The minimum Gasteiger partial charge on any atom is -0.469 e. The molecule has 0 spiro atoms. The first-order valence-corrected chi connectivity index (χ1v) is 6.97. The highest BCUT2D eigenvalue weighted by atomic mass is 16.5. The molecular weight excluding hydrogens is 262 g/mol. The smallest absolute Gasteiger partial charge is 0.307 e. The zero-order chi connectivity index (χ0) is 14.9. The molecule has 2 rings (SSSR count). The number of hydrogen-bond acceptors (Lipinski definition) is 3. The summed E-state index contributed by atoms with van der Waals surface area (Å²) < 4.78 is 4.76. The number of aliphatic imine (C=N–C) groups is 1. The van der Waals surface area contributed by atoms with Gasteiger partial charge in [0.1, 0.15) is 0 Å². The zero-order valence-electron chi connectivity index (χ0n) is 12.1. The van der Waals surface area contributed by atoms with Crippen molar-refractivity contribution in [2.75, 3.05) is 7.11 Å². The van der Waals surface area contributed by atoms with E-state index in [-0.39, 0.29) is 18.4 Å². The Hall–Kier alpha value is -2.42. The molecule has 0 saturated carbocycles. The van der Waals surface area contributed by atoms with Crippen LogP contribution < -0.4 is 0 Å². The Morgan fingerprint density at radius 1 is 1.10 bits per heavy atom. The van der Waals surface area contributed by atoms with E-state index in [9.17, 15) is 4.79 Å². The SMILES string of the molecule is COC(=O)CC(Cc1ccccc1)N=Cc1ccccc1. The summed E-state index contributed by atoms with van der Waals surface area (Å²) in [6.07, 6.45) is 2.82. The molecule has 3 heteroatoms. The highest BCUT2D eigenvalue weighted by molar-refractivity contribution is 5.80. The lowest BCUT2D eigenvalue weighted by molar-refractivity contribution is -0.140. The molecule has 0 aliphatic rings. The molecule has 0 saturated heterocycles. The number of esters is 1. The summed E-state index contributed by atoms with van der Waals surface area (Å²) in [4.78, 5) is 16.1. The van der Waals surface area contributed by atoms with Gasteiger partial charge in [0.05, 0.1) is 19.6 Å². The molecule has 0 aliphatic heterocycles. The fourth-order valence-corrected chi connectivity index (χ4v) is 2.07. The van der Waals surface area contributed by atoms with Crippen LogP contribution in [-0.2, 0) is 16.0 Å². The molecule has 0 radical (unpaired) electrons. The first-order valence-electron chi connectivity index (χ1n) is 6.97. The van der Waals surface area contributed by atoms with Gasteiger partial charge < -0.3 is 4.74 Å². The van der Waals surface area contributed by atoms with Crippen molar-refractivity contribution in [3.05, 3.63) is 71.8 Å². The van der Waals surface area contributed by atoms with Gasteiger partial charge in [-0.1, -0.05) is 60.7 Å². The Morgan fingerprint density at radius 3 is 2.33 bits per heavy atom. The average Bonchev–Trinajstić information content (AvgIpc) is 2.54. The summed E-state index contributed by atoms with van der Waals surface area (Å²) in [5, 5.41) is 0. The van der Waals surface area contributed by atoms with E-state index in [4.69, 9.17) is 4.74 Å². The number of carbonyl (C=O) groups is 1. The largest absolute Gasteiger partial charge is 0.469 e. The molecular formula is C18H19NO2. The molecule has 21 heavy (non-hydrogen) atoms. The van der Waals surface area contributed by atoms with Crippen LogP contribution in [0.5, 0.6) is 0 Å². The van der Waals surface area contributed by atoms with Crippen LogP contribution in [0.1, 0.15) is 17.5 Å². The second-order valence-electron chi connectivity index (χ2n) is 4.81. The van der Waals surface area contributed by atoms with Gasteiger partial charge in [-0.25, -0.2) is 0 Å². The third-order valence-electron chi connectivity index (χ3n) is 3.18. The van der Waals surface area contributed by atoms with Gasteiger partial charge in [0.2, 0.25) is 0 Å². The minimum atomic E-state index is -0.235. The van der Waals surface area contributed by atoms with Crippen molar-refractivity contribution in [2.45, 2.75) is 18.9 Å². The minimum absolute atomic E-state index is 0.111. The zero-order valence-corrected chi connectivity index (χ0v) is 12.1. The molecule has 108 valence electrons. The van der Waals surface area contributed by atoms with Crippen molar-refractivity contribution >= 4 is 12.2 Å². The van der Waals surface area contributed by atoms with Crippen LogP contribution in [0.3, 0.4) is 0 Å². The number of methoxy groups -OCH3 is 1. The topological polar surface area (TPSA) is 38.7 Å². The van der Waals surface area contributed by atoms with Crippen molar-refractivity contribution in [2.24, 2.45) is 4.99 Å². The number of ether oxygens (including phenoxy) is 1. The number of hydrogen-bond donors (Lipinski definition) is 0. The number of carbonyl (C=O) groups excluding carboxylic acids is 1. The number of rotatable bonds is 6. The fraction of sp³-hybridized carbons (Fsp3) is 0.222. The predicted molar refractivity (Wildman–Crippen MR) is 84.6 cm³/mol. The Kier molecular flexibility index (Phi) is 5.71. The highest BCUT2D eigenvalue weighted by Gasteiger charge is 2.13. The fourth-order valence-electron chi connectivity index (χ4n) is 2.07. The van der Waals surface area contributed by atoms with Gasteiger partial charge in [-0.2, -0.15) is 0 Å². The summed E-state index contributed by atoms with van der Waals surface area (Å²) in [5.74, 6) is -0.235. The molecule has 2 aromatic rings. The maximum Gasteiger partial charge on any atom is 0.307 e. The molecule has 1 atom stereocenters. The van der Waals surface area contributed by atoms with E-state index in [0.29, 0.717) is 0 Å². The van der Waals surface area contributed by atoms with Crippen LogP contribution >= 0.6 is 0 Å². The molecule has 2 aromatic carbocycles. The second-order valence-corrected chi connectivity index (χ2v) is 4.81. The van der Waals surface area contributed by atoms with E-state index in [2.05, 4.69) is 4.99 Å². The maximum absolute atomic E-state index is 11.5. The summed E-state index contributed by atoms with van der Waals surface area (Å²) in [7, 11) is 1.41. The van der Waals surface area contributed by atoms with Crippen LogP contribution in [0.2, 0.25) is 0 Å². The van der Waals surface area contributed by atoms with Gasteiger partial charge in [0, 0.05) is 6.21 Å². The Labute approximate surface area is 125 Å². The maximum atomic E-state index is 11.5. The lowest BCUT2D eigenvalue weighted by atomic mass is 10.0. The van der Waals surface area contributed by atoms with Gasteiger partial charge in [0.25, 0.3) is 0 Å². The van der Waals surface area contributed by atoms with E-state index in [1.807, 2.05) is 66.9 Å². The van der Waals surface area contributed by atoms with Crippen molar-refractivity contribution < 1.29 is 9.53 Å². The lowest BCUT2D eigenvalue weighted by Crippen LogP contribution is -2.16. The number of benzene rings is 2. The van der Waals surface area contributed by atoms with E-state index in [1.54, 1.807) is 0 Å². The van der Waals surface area contributed by atoms with Gasteiger partial charge in [-0.3, -0.25) is 9.79 Å². The summed E-state index contributed by atoms with van der Waals surface area (Å²) in [5.41, 5.74) is 2.19. The third-order valence-corrected chi connectivity index (χ3v) is 3.18. The van der Waals surface area contributed by atoms with E-state index in [1.165, 1.54) is 7.11 Å². The standard InChI is InChI=1S/C18H19NO2/c1-21-18(20)13-17(12-15-8-4-2-5-9-15)19-14-16-10-6-3-7-11-16/h2-11,14,17H,12-13H2,1H3. The molecule has 1 unspecified atom stereocenters. The van der Waals surface area contributed by atoms with Crippen LogP contribution in [0.15, 0.2) is 65.7 Å². The molecule has 0 fully saturated rings. The van der Waals surface area contributed by atoms with Gasteiger partial charge in [-0.05, 0) is 17.5 Å².